The number of carbonyl (C=O) groups is 1. The number of nitrogens with two attached hydrogens (primary N) is 1. The van der Waals surface area contributed by atoms with Crippen molar-refractivity contribution in [3.05, 3.63) is 0 Å². The average Bonchev–Trinajstić information content (AvgIpc) is 2.12. The second-order valence-corrected chi connectivity index (χ2v) is 3.73. The number of rotatable bonds is 6. The Morgan fingerprint density at radius 1 is 1.53 bits per heavy atom. The number of hydrogen-bond acceptors (Lipinski definition) is 3. The number of halogens is 2. The van der Waals surface area contributed by atoms with Gasteiger partial charge in [0, 0.05) is 6.54 Å². The van der Waals surface area contributed by atoms with E-state index in [0.717, 1.165) is 6.42 Å². The molecular weight excluding hydrogens is 206 g/mol. The zero-order chi connectivity index (χ0) is 11.3. The summed E-state index contributed by atoms with van der Waals surface area (Å²) < 4.78 is 27.9. The van der Waals surface area contributed by atoms with Crippen molar-refractivity contribution in [2.24, 2.45) is 5.73 Å². The predicted molar refractivity (Wildman–Crippen MR) is 50.6 cm³/mol. The molecular formula is C9H16F2N2O2. The van der Waals surface area contributed by atoms with Gasteiger partial charge < -0.3 is 15.8 Å². The fourth-order valence-electron chi connectivity index (χ4n) is 1.37. The minimum absolute atomic E-state index is 0.0894. The normalized spacial score (nSPS) is 18.7. The van der Waals surface area contributed by atoms with Crippen LogP contribution < -0.4 is 11.1 Å². The van der Waals surface area contributed by atoms with Crippen molar-refractivity contribution in [2.45, 2.75) is 31.2 Å². The molecule has 1 saturated carbocycles. The van der Waals surface area contributed by atoms with Gasteiger partial charge in [0.1, 0.15) is 6.61 Å². The highest BCUT2D eigenvalue weighted by Gasteiger charge is 2.39. The molecule has 0 aliphatic heterocycles. The van der Waals surface area contributed by atoms with Gasteiger partial charge in [0.2, 0.25) is 5.91 Å². The molecule has 3 N–H and O–H groups in total. The SMILES string of the molecule is NC1(C(=O)NCCOCC(F)F)CCC1. The van der Waals surface area contributed by atoms with Crippen molar-refractivity contribution in [1.82, 2.24) is 5.32 Å². The molecule has 0 aromatic carbocycles. The van der Waals surface area contributed by atoms with Gasteiger partial charge in [-0.25, -0.2) is 8.78 Å². The second kappa shape index (κ2) is 5.37. The molecule has 0 aromatic rings. The molecule has 15 heavy (non-hydrogen) atoms. The lowest BCUT2D eigenvalue weighted by atomic mass is 9.77. The van der Waals surface area contributed by atoms with Gasteiger partial charge in [0.05, 0.1) is 12.1 Å². The van der Waals surface area contributed by atoms with Crippen LogP contribution in [0.15, 0.2) is 0 Å². The summed E-state index contributed by atoms with van der Waals surface area (Å²) in [5.74, 6) is -0.214. The highest BCUT2D eigenvalue weighted by atomic mass is 19.3. The fraction of sp³-hybridized carbons (Fsp3) is 0.889. The van der Waals surface area contributed by atoms with Crippen LogP contribution in [0.1, 0.15) is 19.3 Å². The van der Waals surface area contributed by atoms with Crippen LogP contribution >= 0.6 is 0 Å². The number of alkyl halides is 2. The molecule has 1 fully saturated rings. The Hall–Kier alpha value is -0.750. The van der Waals surface area contributed by atoms with Gasteiger partial charge in [-0.1, -0.05) is 0 Å². The van der Waals surface area contributed by atoms with E-state index in [0.29, 0.717) is 12.8 Å². The summed E-state index contributed by atoms with van der Waals surface area (Å²) in [5, 5.41) is 2.57. The van der Waals surface area contributed by atoms with Gasteiger partial charge in [0.15, 0.2) is 0 Å². The topological polar surface area (TPSA) is 64.4 Å². The third-order valence-electron chi connectivity index (χ3n) is 2.47. The van der Waals surface area contributed by atoms with E-state index in [1.807, 2.05) is 0 Å². The van der Waals surface area contributed by atoms with Gasteiger partial charge >= 0.3 is 0 Å². The van der Waals surface area contributed by atoms with Gasteiger partial charge in [-0.3, -0.25) is 4.79 Å². The van der Waals surface area contributed by atoms with Crippen molar-refractivity contribution >= 4 is 5.91 Å². The lowest BCUT2D eigenvalue weighted by Crippen LogP contribution is -2.58. The van der Waals surface area contributed by atoms with E-state index in [2.05, 4.69) is 10.1 Å². The van der Waals surface area contributed by atoms with Crippen molar-refractivity contribution < 1.29 is 18.3 Å². The van der Waals surface area contributed by atoms with E-state index in [9.17, 15) is 13.6 Å². The molecule has 1 aliphatic rings. The standard InChI is InChI=1S/C9H16F2N2O2/c10-7(11)6-15-5-4-13-8(14)9(12)2-1-3-9/h7H,1-6,12H2,(H,13,14). The number of ether oxygens (including phenoxy) is 1. The Morgan fingerprint density at radius 2 is 2.20 bits per heavy atom. The smallest absolute Gasteiger partial charge is 0.261 e. The number of hydrogen-bond donors (Lipinski definition) is 2. The van der Waals surface area contributed by atoms with Crippen LogP contribution in [0.25, 0.3) is 0 Å². The quantitative estimate of drug-likeness (QED) is 0.634. The van der Waals surface area contributed by atoms with Crippen molar-refractivity contribution in [3.8, 4) is 0 Å². The zero-order valence-electron chi connectivity index (χ0n) is 8.47. The van der Waals surface area contributed by atoms with Gasteiger partial charge in [-0.15, -0.1) is 0 Å². The Labute approximate surface area is 87.1 Å². The number of nitrogens with one attached hydrogen (secondary N) is 1. The first kappa shape index (κ1) is 12.3. The highest BCUT2D eigenvalue weighted by molar-refractivity contribution is 5.86. The first-order valence-corrected chi connectivity index (χ1v) is 4.98. The van der Waals surface area contributed by atoms with Crippen molar-refractivity contribution in [1.29, 1.82) is 0 Å². The number of carbonyl (C=O) groups excluding carboxylic acids is 1. The van der Waals surface area contributed by atoms with E-state index in [1.165, 1.54) is 0 Å². The molecule has 0 radical (unpaired) electrons. The average molecular weight is 222 g/mol. The summed E-state index contributed by atoms with van der Waals surface area (Å²) in [5.41, 5.74) is 5.00. The molecule has 0 unspecified atom stereocenters. The summed E-state index contributed by atoms with van der Waals surface area (Å²) in [6.45, 7) is -0.277. The third-order valence-corrected chi connectivity index (χ3v) is 2.47. The van der Waals surface area contributed by atoms with Crippen molar-refractivity contribution in [3.63, 3.8) is 0 Å². The molecule has 1 aliphatic carbocycles. The molecule has 88 valence electrons. The van der Waals surface area contributed by atoms with Crippen molar-refractivity contribution in [2.75, 3.05) is 19.8 Å². The van der Waals surface area contributed by atoms with Crippen LogP contribution in [0.4, 0.5) is 8.78 Å². The summed E-state index contributed by atoms with van der Waals surface area (Å²) in [6.07, 6.45) is -0.118. The van der Waals surface area contributed by atoms with E-state index < -0.39 is 18.6 Å². The molecule has 1 amide bonds. The number of amides is 1. The molecule has 0 aromatic heterocycles. The van der Waals surface area contributed by atoms with Crippen LogP contribution in [0.3, 0.4) is 0 Å². The van der Waals surface area contributed by atoms with Gasteiger partial charge in [-0.2, -0.15) is 0 Å². The minimum Gasteiger partial charge on any atom is -0.374 e. The van der Waals surface area contributed by atoms with Crippen LogP contribution in [0.5, 0.6) is 0 Å². The Bertz CT molecular complexity index is 220. The van der Waals surface area contributed by atoms with E-state index in [-0.39, 0.29) is 19.1 Å². The van der Waals surface area contributed by atoms with Crippen LogP contribution in [-0.4, -0.2) is 37.6 Å². The maximum atomic E-state index is 11.6. The summed E-state index contributed by atoms with van der Waals surface area (Å²) in [4.78, 5) is 11.4. The van der Waals surface area contributed by atoms with Gasteiger partial charge in [-0.05, 0) is 19.3 Å². The predicted octanol–water partition coefficient (Wildman–Crippen LogP) is 0.266. The zero-order valence-corrected chi connectivity index (χ0v) is 8.47. The van der Waals surface area contributed by atoms with E-state index in [4.69, 9.17) is 5.73 Å². The largest absolute Gasteiger partial charge is 0.374 e. The maximum Gasteiger partial charge on any atom is 0.261 e. The monoisotopic (exact) mass is 222 g/mol. The molecule has 0 saturated heterocycles. The summed E-state index contributed by atoms with van der Waals surface area (Å²) >= 11 is 0. The van der Waals surface area contributed by atoms with Crippen LogP contribution in [0, 0.1) is 0 Å². The van der Waals surface area contributed by atoms with E-state index in [1.54, 1.807) is 0 Å². The Morgan fingerprint density at radius 3 is 2.67 bits per heavy atom. The lowest BCUT2D eigenvalue weighted by Gasteiger charge is -2.36. The van der Waals surface area contributed by atoms with Crippen LogP contribution in [-0.2, 0) is 9.53 Å². The molecule has 4 nitrogen and oxygen atoms in total. The summed E-state index contributed by atoms with van der Waals surface area (Å²) in [7, 11) is 0. The van der Waals surface area contributed by atoms with Gasteiger partial charge in [0.25, 0.3) is 6.43 Å². The Balaban J connectivity index is 2.02. The summed E-state index contributed by atoms with van der Waals surface area (Å²) in [6, 6.07) is 0. The molecule has 0 heterocycles. The first-order chi connectivity index (χ1) is 7.04. The van der Waals surface area contributed by atoms with E-state index >= 15 is 0 Å². The lowest BCUT2D eigenvalue weighted by molar-refractivity contribution is -0.129. The minimum atomic E-state index is -2.46. The molecule has 6 heteroatoms. The molecule has 0 atom stereocenters. The fourth-order valence-corrected chi connectivity index (χ4v) is 1.37. The molecule has 0 spiro atoms. The highest BCUT2D eigenvalue weighted by Crippen LogP contribution is 2.28. The first-order valence-electron chi connectivity index (χ1n) is 4.98. The maximum absolute atomic E-state index is 11.6. The Kier molecular flexibility index (Phi) is 4.41. The molecule has 1 rings (SSSR count). The molecule has 0 bridgehead atoms. The third kappa shape index (κ3) is 3.71. The van der Waals surface area contributed by atoms with Crippen LogP contribution in [0.2, 0.25) is 0 Å². The second-order valence-electron chi connectivity index (χ2n) is 3.73.